The van der Waals surface area contributed by atoms with E-state index in [0.717, 1.165) is 39.2 Å². The second-order valence-electron chi connectivity index (χ2n) is 4.70. The Morgan fingerprint density at radius 3 is 2.61 bits per heavy atom. The standard InChI is InChI=1S/C15H26N2O/c1-13-5-6-14(2)15(11-13)12-17-8-4-7-16-9-10-18-3/h5-6,11,16-17H,4,7-10,12H2,1-3H3. The highest BCUT2D eigenvalue weighted by molar-refractivity contribution is 5.30. The lowest BCUT2D eigenvalue weighted by Crippen LogP contribution is -2.24. The van der Waals surface area contributed by atoms with Gasteiger partial charge in [-0.05, 0) is 44.5 Å². The zero-order valence-electron chi connectivity index (χ0n) is 11.9. The SMILES string of the molecule is COCCNCCCNCc1cc(C)ccc1C. The first-order valence-electron chi connectivity index (χ1n) is 6.70. The molecule has 0 spiro atoms. The van der Waals surface area contributed by atoms with Crippen LogP contribution in [0.2, 0.25) is 0 Å². The van der Waals surface area contributed by atoms with E-state index in [0.29, 0.717) is 0 Å². The molecule has 0 saturated heterocycles. The van der Waals surface area contributed by atoms with E-state index in [4.69, 9.17) is 4.74 Å². The van der Waals surface area contributed by atoms with Crippen molar-refractivity contribution in [1.29, 1.82) is 0 Å². The molecule has 0 amide bonds. The Labute approximate surface area is 111 Å². The summed E-state index contributed by atoms with van der Waals surface area (Å²) in [4.78, 5) is 0. The van der Waals surface area contributed by atoms with Crippen LogP contribution in [0.3, 0.4) is 0 Å². The molecule has 0 aromatic heterocycles. The van der Waals surface area contributed by atoms with Gasteiger partial charge in [-0.3, -0.25) is 0 Å². The number of nitrogens with one attached hydrogen (secondary N) is 2. The Hall–Kier alpha value is -0.900. The molecule has 2 N–H and O–H groups in total. The monoisotopic (exact) mass is 250 g/mol. The van der Waals surface area contributed by atoms with Crippen LogP contribution in [-0.4, -0.2) is 33.4 Å². The van der Waals surface area contributed by atoms with Gasteiger partial charge in [0.25, 0.3) is 0 Å². The van der Waals surface area contributed by atoms with Crippen molar-refractivity contribution >= 4 is 0 Å². The molecule has 3 heteroatoms. The lowest BCUT2D eigenvalue weighted by atomic mass is 10.1. The molecule has 0 heterocycles. The van der Waals surface area contributed by atoms with Crippen molar-refractivity contribution < 1.29 is 4.74 Å². The van der Waals surface area contributed by atoms with E-state index in [1.165, 1.54) is 16.7 Å². The van der Waals surface area contributed by atoms with Gasteiger partial charge in [-0.25, -0.2) is 0 Å². The number of hydrogen-bond acceptors (Lipinski definition) is 3. The maximum atomic E-state index is 4.97. The Bertz CT molecular complexity index is 339. The summed E-state index contributed by atoms with van der Waals surface area (Å²) in [6.45, 7) is 9.09. The minimum absolute atomic E-state index is 0.788. The summed E-state index contributed by atoms with van der Waals surface area (Å²) < 4.78 is 4.97. The first kappa shape index (κ1) is 15.2. The minimum atomic E-state index is 0.788. The van der Waals surface area contributed by atoms with E-state index in [9.17, 15) is 0 Å². The third kappa shape index (κ3) is 6.15. The second-order valence-corrected chi connectivity index (χ2v) is 4.70. The molecule has 18 heavy (non-hydrogen) atoms. The maximum Gasteiger partial charge on any atom is 0.0587 e. The summed E-state index contributed by atoms with van der Waals surface area (Å²) in [5.41, 5.74) is 4.10. The number of hydrogen-bond donors (Lipinski definition) is 2. The summed E-state index contributed by atoms with van der Waals surface area (Å²) in [7, 11) is 1.73. The molecule has 102 valence electrons. The fourth-order valence-electron chi connectivity index (χ4n) is 1.85. The molecule has 0 unspecified atom stereocenters. The topological polar surface area (TPSA) is 33.3 Å². The zero-order valence-corrected chi connectivity index (χ0v) is 11.9. The number of ether oxygens (including phenoxy) is 1. The van der Waals surface area contributed by atoms with Gasteiger partial charge in [-0.2, -0.15) is 0 Å². The van der Waals surface area contributed by atoms with Gasteiger partial charge >= 0.3 is 0 Å². The average Bonchev–Trinajstić information content (AvgIpc) is 2.36. The predicted octanol–water partition coefficient (Wildman–Crippen LogP) is 2.02. The van der Waals surface area contributed by atoms with Gasteiger partial charge in [-0.15, -0.1) is 0 Å². The van der Waals surface area contributed by atoms with Crippen LogP contribution in [0.15, 0.2) is 18.2 Å². The van der Waals surface area contributed by atoms with Crippen molar-refractivity contribution in [2.24, 2.45) is 0 Å². The minimum Gasteiger partial charge on any atom is -0.383 e. The van der Waals surface area contributed by atoms with E-state index >= 15 is 0 Å². The highest BCUT2D eigenvalue weighted by Gasteiger charge is 1.98. The van der Waals surface area contributed by atoms with Crippen molar-refractivity contribution in [2.45, 2.75) is 26.8 Å². The molecule has 0 fully saturated rings. The van der Waals surface area contributed by atoms with E-state index in [1.807, 2.05) is 0 Å². The lowest BCUT2D eigenvalue weighted by Gasteiger charge is -2.09. The van der Waals surface area contributed by atoms with Gasteiger partial charge in [0.1, 0.15) is 0 Å². The molecule has 3 nitrogen and oxygen atoms in total. The van der Waals surface area contributed by atoms with Crippen LogP contribution >= 0.6 is 0 Å². The van der Waals surface area contributed by atoms with E-state index < -0.39 is 0 Å². The molecular weight excluding hydrogens is 224 g/mol. The third-order valence-electron chi connectivity index (χ3n) is 3.01. The molecular formula is C15H26N2O. The summed E-state index contributed by atoms with van der Waals surface area (Å²) in [6, 6.07) is 6.62. The van der Waals surface area contributed by atoms with Crippen LogP contribution in [-0.2, 0) is 11.3 Å². The van der Waals surface area contributed by atoms with E-state index in [2.05, 4.69) is 42.7 Å². The maximum absolute atomic E-state index is 4.97. The second kappa shape index (κ2) is 9.09. The summed E-state index contributed by atoms with van der Waals surface area (Å²) in [6.07, 6.45) is 1.15. The van der Waals surface area contributed by atoms with Gasteiger partial charge in [0.2, 0.25) is 0 Å². The number of methoxy groups -OCH3 is 1. The first-order valence-corrected chi connectivity index (χ1v) is 6.70. The van der Waals surface area contributed by atoms with Crippen LogP contribution in [0.5, 0.6) is 0 Å². The highest BCUT2D eigenvalue weighted by atomic mass is 16.5. The molecule has 0 radical (unpaired) electrons. The van der Waals surface area contributed by atoms with Crippen molar-refractivity contribution in [3.05, 3.63) is 34.9 Å². The summed E-state index contributed by atoms with van der Waals surface area (Å²) >= 11 is 0. The van der Waals surface area contributed by atoms with Gasteiger partial charge in [0.15, 0.2) is 0 Å². The summed E-state index contributed by atoms with van der Waals surface area (Å²) in [5.74, 6) is 0. The lowest BCUT2D eigenvalue weighted by molar-refractivity contribution is 0.199. The molecule has 0 aliphatic carbocycles. The van der Waals surface area contributed by atoms with E-state index in [-0.39, 0.29) is 0 Å². The first-order chi connectivity index (χ1) is 8.74. The quantitative estimate of drug-likeness (QED) is 0.658. The molecule has 1 rings (SSSR count). The number of benzene rings is 1. The normalized spacial score (nSPS) is 10.8. The van der Waals surface area contributed by atoms with Crippen molar-refractivity contribution in [3.8, 4) is 0 Å². The van der Waals surface area contributed by atoms with Gasteiger partial charge in [0.05, 0.1) is 6.61 Å². The van der Waals surface area contributed by atoms with Gasteiger partial charge in [0, 0.05) is 20.2 Å². The zero-order chi connectivity index (χ0) is 13.2. The number of aryl methyl sites for hydroxylation is 2. The third-order valence-corrected chi connectivity index (χ3v) is 3.01. The average molecular weight is 250 g/mol. The molecule has 1 aromatic rings. The van der Waals surface area contributed by atoms with Crippen molar-refractivity contribution in [3.63, 3.8) is 0 Å². The van der Waals surface area contributed by atoms with Crippen LogP contribution < -0.4 is 10.6 Å². The van der Waals surface area contributed by atoms with Crippen LogP contribution in [0, 0.1) is 13.8 Å². The number of rotatable bonds is 9. The molecule has 0 aliphatic heterocycles. The van der Waals surface area contributed by atoms with Crippen molar-refractivity contribution in [2.75, 3.05) is 33.4 Å². The molecule has 1 aromatic carbocycles. The Morgan fingerprint density at radius 2 is 1.83 bits per heavy atom. The summed E-state index contributed by atoms with van der Waals surface area (Å²) in [5, 5.41) is 6.83. The fraction of sp³-hybridized carbons (Fsp3) is 0.600. The molecule has 0 bridgehead atoms. The van der Waals surface area contributed by atoms with Gasteiger partial charge < -0.3 is 15.4 Å². The largest absolute Gasteiger partial charge is 0.383 e. The fourth-order valence-corrected chi connectivity index (χ4v) is 1.85. The van der Waals surface area contributed by atoms with Gasteiger partial charge in [-0.1, -0.05) is 23.8 Å². The van der Waals surface area contributed by atoms with E-state index in [1.54, 1.807) is 7.11 Å². The Balaban J connectivity index is 2.09. The molecule has 0 atom stereocenters. The Kier molecular flexibility index (Phi) is 7.65. The van der Waals surface area contributed by atoms with Crippen LogP contribution in [0.25, 0.3) is 0 Å². The highest BCUT2D eigenvalue weighted by Crippen LogP contribution is 2.09. The predicted molar refractivity (Wildman–Crippen MR) is 77.0 cm³/mol. The van der Waals surface area contributed by atoms with Crippen molar-refractivity contribution in [1.82, 2.24) is 10.6 Å². The molecule has 0 saturated carbocycles. The van der Waals surface area contributed by atoms with Crippen LogP contribution in [0.4, 0.5) is 0 Å². The van der Waals surface area contributed by atoms with Crippen LogP contribution in [0.1, 0.15) is 23.1 Å². The molecule has 0 aliphatic rings. The Morgan fingerprint density at radius 1 is 1.06 bits per heavy atom. The smallest absolute Gasteiger partial charge is 0.0587 e.